The molecule has 0 radical (unpaired) electrons. The number of imide groups is 1. The summed E-state index contributed by atoms with van der Waals surface area (Å²) in [5, 5.41) is 4.51. The molecule has 0 atom stereocenters. The number of amides is 3. The fourth-order valence-corrected chi connectivity index (χ4v) is 2.10. The predicted molar refractivity (Wildman–Crippen MR) is 101 cm³/mol. The van der Waals surface area contributed by atoms with Gasteiger partial charge in [0.25, 0.3) is 5.91 Å². The van der Waals surface area contributed by atoms with Gasteiger partial charge in [0.05, 0.1) is 25.0 Å². The van der Waals surface area contributed by atoms with Gasteiger partial charge in [-0.2, -0.15) is 0 Å². The Hall–Kier alpha value is -3.29. The maximum Gasteiger partial charge on any atom is 0.338 e. The first kappa shape index (κ1) is 21.0. The number of esters is 1. The summed E-state index contributed by atoms with van der Waals surface area (Å²) in [4.78, 5) is 35.3. The molecule has 1 heterocycles. The van der Waals surface area contributed by atoms with Crippen LogP contribution in [0, 0.1) is 5.92 Å². The third kappa shape index (κ3) is 7.53. The first-order valence-electron chi connectivity index (χ1n) is 8.94. The lowest BCUT2D eigenvalue weighted by Gasteiger charge is -2.09. The van der Waals surface area contributed by atoms with Gasteiger partial charge in [-0.3, -0.25) is 10.1 Å². The van der Waals surface area contributed by atoms with Crippen LogP contribution in [0.5, 0.6) is 5.75 Å². The molecule has 1 aromatic heterocycles. The quantitative estimate of drug-likeness (QED) is 0.640. The number of urea groups is 1. The van der Waals surface area contributed by atoms with E-state index in [4.69, 9.17) is 13.9 Å². The number of nitrogens with one attached hydrogen (secondary N) is 2. The number of benzene rings is 1. The lowest BCUT2D eigenvalue weighted by atomic mass is 10.1. The smallest absolute Gasteiger partial charge is 0.338 e. The minimum Gasteiger partial charge on any atom is -0.494 e. The molecule has 3 amide bonds. The van der Waals surface area contributed by atoms with E-state index in [2.05, 4.69) is 24.5 Å². The first-order valence-corrected chi connectivity index (χ1v) is 8.94. The van der Waals surface area contributed by atoms with Crippen LogP contribution in [0.2, 0.25) is 0 Å². The maximum absolute atomic E-state index is 12.0. The number of hydrogen-bond acceptors (Lipinski definition) is 6. The second-order valence-corrected chi connectivity index (χ2v) is 6.44. The highest BCUT2D eigenvalue weighted by Gasteiger charge is 2.13. The van der Waals surface area contributed by atoms with Crippen molar-refractivity contribution in [1.82, 2.24) is 10.6 Å². The monoisotopic (exact) mass is 388 g/mol. The lowest BCUT2D eigenvalue weighted by molar-refractivity contribution is -0.123. The zero-order valence-corrected chi connectivity index (χ0v) is 15.9. The van der Waals surface area contributed by atoms with Crippen molar-refractivity contribution < 1.29 is 28.3 Å². The Balaban J connectivity index is 1.69. The Kier molecular flexibility index (Phi) is 8.08. The fourth-order valence-electron chi connectivity index (χ4n) is 2.10. The van der Waals surface area contributed by atoms with Gasteiger partial charge in [0.1, 0.15) is 11.5 Å². The van der Waals surface area contributed by atoms with E-state index in [1.807, 2.05) is 0 Å². The molecule has 0 aliphatic carbocycles. The summed E-state index contributed by atoms with van der Waals surface area (Å²) in [6.07, 6.45) is 2.41. The number of hydrogen-bond donors (Lipinski definition) is 2. The van der Waals surface area contributed by atoms with E-state index in [1.54, 1.807) is 36.4 Å². The van der Waals surface area contributed by atoms with Gasteiger partial charge in [0.15, 0.2) is 6.61 Å². The molecule has 8 heteroatoms. The number of carbonyl (C=O) groups excluding carboxylic acids is 3. The van der Waals surface area contributed by atoms with E-state index >= 15 is 0 Å². The van der Waals surface area contributed by atoms with Crippen LogP contribution in [0.3, 0.4) is 0 Å². The molecule has 0 aliphatic rings. The fraction of sp³-hybridized carbons (Fsp3) is 0.350. The third-order valence-corrected chi connectivity index (χ3v) is 3.64. The second-order valence-electron chi connectivity index (χ2n) is 6.44. The van der Waals surface area contributed by atoms with Gasteiger partial charge in [-0.25, -0.2) is 9.59 Å². The van der Waals surface area contributed by atoms with Crippen molar-refractivity contribution in [3.8, 4) is 5.75 Å². The molecule has 8 nitrogen and oxygen atoms in total. The first-order chi connectivity index (χ1) is 13.4. The highest BCUT2D eigenvalue weighted by atomic mass is 16.5. The van der Waals surface area contributed by atoms with Crippen molar-refractivity contribution in [2.24, 2.45) is 5.92 Å². The van der Waals surface area contributed by atoms with Gasteiger partial charge in [-0.15, -0.1) is 0 Å². The molecule has 0 saturated heterocycles. The van der Waals surface area contributed by atoms with Crippen LogP contribution in [0.15, 0.2) is 47.1 Å². The van der Waals surface area contributed by atoms with Crippen LogP contribution in [0.1, 0.15) is 36.4 Å². The molecule has 150 valence electrons. The predicted octanol–water partition coefficient (Wildman–Crippen LogP) is 2.89. The van der Waals surface area contributed by atoms with Gasteiger partial charge in [0.2, 0.25) is 0 Å². The molecule has 0 aliphatic heterocycles. The Labute approximate surface area is 163 Å². The topological polar surface area (TPSA) is 107 Å². The summed E-state index contributed by atoms with van der Waals surface area (Å²) in [7, 11) is 0. The second kappa shape index (κ2) is 10.8. The van der Waals surface area contributed by atoms with E-state index in [9.17, 15) is 14.4 Å². The van der Waals surface area contributed by atoms with Crippen LogP contribution in [-0.2, 0) is 16.1 Å². The molecular weight excluding hydrogens is 364 g/mol. The van der Waals surface area contributed by atoms with Gasteiger partial charge in [0, 0.05) is 0 Å². The lowest BCUT2D eigenvalue weighted by Crippen LogP contribution is -2.41. The molecule has 2 aromatic rings. The average Bonchev–Trinajstić information content (AvgIpc) is 3.18. The molecule has 2 N–H and O–H groups in total. The number of furan rings is 1. The minimum absolute atomic E-state index is 0.136. The number of rotatable bonds is 9. The molecular formula is C20H24N2O6. The minimum atomic E-state index is -0.737. The number of carbonyl (C=O) groups is 3. The van der Waals surface area contributed by atoms with Crippen molar-refractivity contribution in [3.05, 3.63) is 54.0 Å². The van der Waals surface area contributed by atoms with Gasteiger partial charge < -0.3 is 19.2 Å². The van der Waals surface area contributed by atoms with Crippen LogP contribution >= 0.6 is 0 Å². The molecule has 0 saturated carbocycles. The molecule has 0 fully saturated rings. The molecule has 28 heavy (non-hydrogen) atoms. The van der Waals surface area contributed by atoms with E-state index < -0.39 is 24.5 Å². The summed E-state index contributed by atoms with van der Waals surface area (Å²) in [5.41, 5.74) is 0.284. The SMILES string of the molecule is CC(C)CCOc1ccc(C(=O)OCC(=O)NC(=O)NCc2ccco2)cc1. The van der Waals surface area contributed by atoms with Crippen molar-refractivity contribution in [3.63, 3.8) is 0 Å². The summed E-state index contributed by atoms with van der Waals surface area (Å²) in [5.74, 6) is 0.347. The van der Waals surface area contributed by atoms with Gasteiger partial charge >= 0.3 is 12.0 Å². The normalized spacial score (nSPS) is 10.4. The summed E-state index contributed by atoms with van der Waals surface area (Å²) < 4.78 is 15.5. The van der Waals surface area contributed by atoms with Crippen molar-refractivity contribution in [2.75, 3.05) is 13.2 Å². The third-order valence-electron chi connectivity index (χ3n) is 3.64. The Morgan fingerprint density at radius 2 is 1.86 bits per heavy atom. The molecule has 0 bridgehead atoms. The van der Waals surface area contributed by atoms with Crippen molar-refractivity contribution >= 4 is 17.9 Å². The van der Waals surface area contributed by atoms with Crippen LogP contribution in [0.25, 0.3) is 0 Å². The van der Waals surface area contributed by atoms with E-state index in [-0.39, 0.29) is 12.1 Å². The van der Waals surface area contributed by atoms with Gasteiger partial charge in [-0.1, -0.05) is 13.8 Å². The van der Waals surface area contributed by atoms with Crippen LogP contribution < -0.4 is 15.4 Å². The zero-order valence-electron chi connectivity index (χ0n) is 15.9. The van der Waals surface area contributed by atoms with E-state index in [0.717, 1.165) is 6.42 Å². The van der Waals surface area contributed by atoms with Crippen LogP contribution in [0.4, 0.5) is 4.79 Å². The zero-order chi connectivity index (χ0) is 20.4. The van der Waals surface area contributed by atoms with Crippen molar-refractivity contribution in [2.45, 2.75) is 26.8 Å². The summed E-state index contributed by atoms with van der Waals surface area (Å²) in [6, 6.07) is 9.11. The van der Waals surface area contributed by atoms with E-state index in [0.29, 0.717) is 24.0 Å². The highest BCUT2D eigenvalue weighted by molar-refractivity contribution is 5.97. The van der Waals surface area contributed by atoms with Crippen molar-refractivity contribution in [1.29, 1.82) is 0 Å². The Morgan fingerprint density at radius 1 is 1.11 bits per heavy atom. The Bertz CT molecular complexity index is 769. The molecule has 0 unspecified atom stereocenters. The van der Waals surface area contributed by atoms with Gasteiger partial charge in [-0.05, 0) is 48.7 Å². The van der Waals surface area contributed by atoms with Crippen LogP contribution in [-0.4, -0.2) is 31.1 Å². The highest BCUT2D eigenvalue weighted by Crippen LogP contribution is 2.14. The average molecular weight is 388 g/mol. The summed E-state index contributed by atoms with van der Waals surface area (Å²) >= 11 is 0. The largest absolute Gasteiger partial charge is 0.494 e. The standard InChI is InChI=1S/C20H24N2O6/c1-14(2)9-11-27-16-7-5-15(6-8-16)19(24)28-13-18(23)22-20(25)21-12-17-4-3-10-26-17/h3-8,10,14H,9,11-13H2,1-2H3,(H2,21,22,23,25). The maximum atomic E-state index is 12.0. The summed E-state index contributed by atoms with van der Waals surface area (Å²) in [6.45, 7) is 4.39. The Morgan fingerprint density at radius 3 is 2.50 bits per heavy atom. The van der Waals surface area contributed by atoms with E-state index in [1.165, 1.54) is 6.26 Å². The molecule has 1 aromatic carbocycles. The molecule has 2 rings (SSSR count). The molecule has 0 spiro atoms. The number of ether oxygens (including phenoxy) is 2.